The van der Waals surface area contributed by atoms with Crippen molar-refractivity contribution >= 4 is 17.2 Å². The van der Waals surface area contributed by atoms with E-state index in [2.05, 4.69) is 11.1 Å². The molecule has 3 aromatic rings. The quantitative estimate of drug-likeness (QED) is 0.703. The maximum absolute atomic E-state index is 9.28. The maximum Gasteiger partial charge on any atom is 0.137 e. The Kier molecular flexibility index (Phi) is 3.17. The van der Waals surface area contributed by atoms with Crippen molar-refractivity contribution in [1.82, 2.24) is 9.38 Å². The summed E-state index contributed by atoms with van der Waals surface area (Å²) in [5, 5.41) is 9.91. The normalized spacial score (nSPS) is 12.2. The predicted molar refractivity (Wildman–Crippen MR) is 79.7 cm³/mol. The lowest BCUT2D eigenvalue weighted by atomic mass is 10.0. The monoisotopic (exact) mass is 281 g/mol. The fourth-order valence-corrected chi connectivity index (χ4v) is 2.48. The van der Waals surface area contributed by atoms with E-state index in [0.717, 1.165) is 22.6 Å². The Morgan fingerprint density at radius 1 is 1.20 bits per heavy atom. The van der Waals surface area contributed by atoms with E-state index in [1.165, 1.54) is 0 Å². The lowest BCUT2D eigenvalue weighted by Crippen LogP contribution is -1.98. The van der Waals surface area contributed by atoms with E-state index in [1.54, 1.807) is 12.3 Å². The van der Waals surface area contributed by atoms with Gasteiger partial charge in [0, 0.05) is 11.8 Å². The summed E-state index contributed by atoms with van der Waals surface area (Å²) in [5.74, 6) is -0.265. The number of hydrogen-bond acceptors (Lipinski definition) is 2. The van der Waals surface area contributed by atoms with Crippen LogP contribution < -0.4 is 0 Å². The average Bonchev–Trinajstić information content (AvgIpc) is 2.86. The summed E-state index contributed by atoms with van der Waals surface area (Å²) in [4.78, 5) is 4.65. The molecule has 0 bridgehead atoms. The first-order valence-corrected chi connectivity index (χ1v) is 6.71. The van der Waals surface area contributed by atoms with Crippen molar-refractivity contribution in [3.8, 4) is 17.3 Å². The van der Waals surface area contributed by atoms with Crippen LogP contribution in [0.1, 0.15) is 18.5 Å². The molecule has 0 aliphatic heterocycles. The molecule has 0 amide bonds. The van der Waals surface area contributed by atoms with Crippen molar-refractivity contribution in [2.75, 3.05) is 0 Å². The standard InChI is InChI=1S/C16H12ClN3/c1-11(9-18)16-15(12-5-3-2-4-6-12)19-14-8-7-13(17)10-20(14)16/h2-8,10-11H,1H3. The molecule has 0 aliphatic rings. The molecule has 0 saturated heterocycles. The minimum absolute atomic E-state index is 0.265. The summed E-state index contributed by atoms with van der Waals surface area (Å²) in [6.07, 6.45) is 1.81. The van der Waals surface area contributed by atoms with Crippen molar-refractivity contribution < 1.29 is 0 Å². The summed E-state index contributed by atoms with van der Waals surface area (Å²) in [6.45, 7) is 1.87. The second-order valence-electron chi connectivity index (χ2n) is 4.64. The van der Waals surface area contributed by atoms with Crippen molar-refractivity contribution in [1.29, 1.82) is 5.26 Å². The summed E-state index contributed by atoms with van der Waals surface area (Å²) >= 11 is 6.06. The Morgan fingerprint density at radius 3 is 2.65 bits per heavy atom. The number of nitriles is 1. The van der Waals surface area contributed by atoms with Crippen LogP contribution >= 0.6 is 11.6 Å². The first-order valence-electron chi connectivity index (χ1n) is 6.33. The third kappa shape index (κ3) is 2.04. The zero-order chi connectivity index (χ0) is 14.1. The summed E-state index contributed by atoms with van der Waals surface area (Å²) < 4.78 is 1.90. The van der Waals surface area contributed by atoms with Crippen LogP contribution in [0, 0.1) is 11.3 Å². The number of fused-ring (bicyclic) bond motifs is 1. The molecule has 3 rings (SSSR count). The third-order valence-corrected chi connectivity index (χ3v) is 3.49. The van der Waals surface area contributed by atoms with Gasteiger partial charge in [-0.05, 0) is 19.1 Å². The molecule has 0 spiro atoms. The molecule has 4 heteroatoms. The van der Waals surface area contributed by atoms with Gasteiger partial charge in [0.25, 0.3) is 0 Å². The summed E-state index contributed by atoms with van der Waals surface area (Å²) in [6, 6.07) is 15.8. The lowest BCUT2D eigenvalue weighted by Gasteiger charge is -2.07. The number of imidazole rings is 1. The fourth-order valence-electron chi connectivity index (χ4n) is 2.32. The molecule has 1 aromatic carbocycles. The van der Waals surface area contributed by atoms with E-state index >= 15 is 0 Å². The molecule has 0 saturated carbocycles. The van der Waals surface area contributed by atoms with E-state index < -0.39 is 0 Å². The number of hydrogen-bond donors (Lipinski definition) is 0. The van der Waals surface area contributed by atoms with Gasteiger partial charge in [-0.2, -0.15) is 5.26 Å². The van der Waals surface area contributed by atoms with Gasteiger partial charge in [0.2, 0.25) is 0 Å². The van der Waals surface area contributed by atoms with Gasteiger partial charge >= 0.3 is 0 Å². The number of aromatic nitrogens is 2. The number of rotatable bonds is 2. The molecule has 98 valence electrons. The number of halogens is 1. The molecule has 1 unspecified atom stereocenters. The second-order valence-corrected chi connectivity index (χ2v) is 5.07. The SMILES string of the molecule is CC(C#N)c1c(-c2ccccc2)nc2ccc(Cl)cn12. The molecule has 0 fully saturated rings. The van der Waals surface area contributed by atoms with Gasteiger partial charge in [-0.15, -0.1) is 0 Å². The predicted octanol–water partition coefficient (Wildman–Crippen LogP) is 4.28. The minimum atomic E-state index is -0.265. The highest BCUT2D eigenvalue weighted by molar-refractivity contribution is 6.30. The van der Waals surface area contributed by atoms with Gasteiger partial charge < -0.3 is 4.40 Å². The van der Waals surface area contributed by atoms with Gasteiger partial charge in [-0.1, -0.05) is 41.9 Å². The maximum atomic E-state index is 9.28. The number of benzene rings is 1. The Labute approximate surface area is 122 Å². The highest BCUT2D eigenvalue weighted by Crippen LogP contribution is 2.30. The molecule has 3 nitrogen and oxygen atoms in total. The average molecular weight is 282 g/mol. The van der Waals surface area contributed by atoms with Crippen LogP contribution in [0.25, 0.3) is 16.9 Å². The Hall–Kier alpha value is -2.31. The van der Waals surface area contributed by atoms with Crippen molar-refractivity contribution in [3.63, 3.8) is 0 Å². The van der Waals surface area contributed by atoms with Crippen LogP contribution in [0.2, 0.25) is 5.02 Å². The van der Waals surface area contributed by atoms with E-state index in [9.17, 15) is 5.26 Å². The summed E-state index contributed by atoms with van der Waals surface area (Å²) in [7, 11) is 0. The topological polar surface area (TPSA) is 41.1 Å². The van der Waals surface area contributed by atoms with Crippen LogP contribution in [-0.2, 0) is 0 Å². The van der Waals surface area contributed by atoms with E-state index in [-0.39, 0.29) is 5.92 Å². The highest BCUT2D eigenvalue weighted by Gasteiger charge is 2.19. The number of nitrogens with zero attached hydrogens (tertiary/aromatic N) is 3. The van der Waals surface area contributed by atoms with Gasteiger partial charge in [0.1, 0.15) is 5.65 Å². The van der Waals surface area contributed by atoms with Crippen molar-refractivity contribution in [2.24, 2.45) is 0 Å². The van der Waals surface area contributed by atoms with E-state index in [1.807, 2.05) is 47.7 Å². The zero-order valence-corrected chi connectivity index (χ0v) is 11.7. The Balaban J connectivity index is 2.34. The van der Waals surface area contributed by atoms with E-state index in [0.29, 0.717) is 5.02 Å². The van der Waals surface area contributed by atoms with Gasteiger partial charge in [0.05, 0.1) is 28.4 Å². The van der Waals surface area contributed by atoms with Crippen LogP contribution in [0.4, 0.5) is 0 Å². The molecular formula is C16H12ClN3. The summed E-state index contributed by atoms with van der Waals surface area (Å²) in [5.41, 5.74) is 3.51. The van der Waals surface area contributed by atoms with Crippen LogP contribution in [0.15, 0.2) is 48.7 Å². The molecule has 2 aromatic heterocycles. The zero-order valence-electron chi connectivity index (χ0n) is 10.9. The third-order valence-electron chi connectivity index (χ3n) is 3.27. The minimum Gasteiger partial charge on any atom is -0.301 e. The molecule has 0 aliphatic carbocycles. The van der Waals surface area contributed by atoms with Gasteiger partial charge in [-0.3, -0.25) is 0 Å². The van der Waals surface area contributed by atoms with Crippen LogP contribution in [0.3, 0.4) is 0 Å². The lowest BCUT2D eigenvalue weighted by molar-refractivity contribution is 0.900. The fraction of sp³-hybridized carbons (Fsp3) is 0.125. The van der Waals surface area contributed by atoms with Gasteiger partial charge in [0.15, 0.2) is 0 Å². The molecule has 1 atom stereocenters. The Morgan fingerprint density at radius 2 is 1.95 bits per heavy atom. The van der Waals surface area contributed by atoms with Crippen molar-refractivity contribution in [2.45, 2.75) is 12.8 Å². The largest absolute Gasteiger partial charge is 0.301 e. The molecule has 0 radical (unpaired) electrons. The first-order chi connectivity index (χ1) is 9.70. The van der Waals surface area contributed by atoms with Crippen molar-refractivity contribution in [3.05, 3.63) is 59.4 Å². The Bertz CT molecular complexity index is 800. The molecule has 2 heterocycles. The van der Waals surface area contributed by atoms with Crippen LogP contribution in [0.5, 0.6) is 0 Å². The van der Waals surface area contributed by atoms with E-state index in [4.69, 9.17) is 11.6 Å². The molecular weight excluding hydrogens is 270 g/mol. The van der Waals surface area contributed by atoms with Crippen LogP contribution in [-0.4, -0.2) is 9.38 Å². The number of pyridine rings is 1. The molecule has 0 N–H and O–H groups in total. The highest BCUT2D eigenvalue weighted by atomic mass is 35.5. The molecule has 20 heavy (non-hydrogen) atoms. The second kappa shape index (κ2) is 4.99. The first kappa shape index (κ1) is 12.7. The van der Waals surface area contributed by atoms with Gasteiger partial charge in [-0.25, -0.2) is 4.98 Å². The smallest absolute Gasteiger partial charge is 0.137 e.